The minimum absolute atomic E-state index is 0.385. The Morgan fingerprint density at radius 3 is 2.47 bits per heavy atom. The van der Waals surface area contributed by atoms with Gasteiger partial charge >= 0.3 is 0 Å². The molecule has 0 radical (unpaired) electrons. The molecule has 3 atom stereocenters. The molecule has 0 aromatic heterocycles. The first-order valence-corrected chi connectivity index (χ1v) is 6.19. The molecule has 3 unspecified atom stereocenters. The van der Waals surface area contributed by atoms with Gasteiger partial charge in [-0.2, -0.15) is 0 Å². The van der Waals surface area contributed by atoms with Crippen LogP contribution in [0.5, 0.6) is 0 Å². The summed E-state index contributed by atoms with van der Waals surface area (Å²) in [4.78, 5) is 2.53. The molecule has 3 nitrogen and oxygen atoms in total. The summed E-state index contributed by atoms with van der Waals surface area (Å²) in [5.74, 6) is 0.756. The lowest BCUT2D eigenvalue weighted by molar-refractivity contribution is -0.0711. The third-order valence-corrected chi connectivity index (χ3v) is 2.97. The lowest BCUT2D eigenvalue weighted by atomic mass is 10.0. The fourth-order valence-corrected chi connectivity index (χ4v) is 2.43. The van der Waals surface area contributed by atoms with Crippen LogP contribution in [-0.2, 0) is 4.74 Å². The molecule has 0 aromatic rings. The van der Waals surface area contributed by atoms with E-state index < -0.39 is 0 Å². The standard InChI is InChI=1S/C12H26N2O/c1-10(5-4-6-13)7-14-8-11(2)15-12(3)9-14/h10-12H,4-9,13H2,1-3H3. The van der Waals surface area contributed by atoms with Crippen molar-refractivity contribution in [2.75, 3.05) is 26.2 Å². The Hall–Kier alpha value is -0.120. The summed E-state index contributed by atoms with van der Waals surface area (Å²) in [6.07, 6.45) is 3.17. The van der Waals surface area contributed by atoms with Gasteiger partial charge in [0.15, 0.2) is 0 Å². The molecule has 15 heavy (non-hydrogen) atoms. The van der Waals surface area contributed by atoms with Gasteiger partial charge < -0.3 is 10.5 Å². The summed E-state index contributed by atoms with van der Waals surface area (Å²) < 4.78 is 5.72. The largest absolute Gasteiger partial charge is 0.373 e. The van der Waals surface area contributed by atoms with E-state index in [0.717, 1.165) is 32.0 Å². The Morgan fingerprint density at radius 1 is 1.33 bits per heavy atom. The second-order valence-electron chi connectivity index (χ2n) is 5.01. The molecule has 0 spiro atoms. The lowest BCUT2D eigenvalue weighted by Crippen LogP contribution is -2.46. The highest BCUT2D eigenvalue weighted by Gasteiger charge is 2.22. The molecule has 1 aliphatic heterocycles. The Balaban J connectivity index is 2.24. The fraction of sp³-hybridized carbons (Fsp3) is 1.00. The molecular formula is C12H26N2O. The Kier molecular flexibility index (Phi) is 5.58. The Labute approximate surface area is 94.0 Å². The summed E-state index contributed by atoms with van der Waals surface area (Å²) >= 11 is 0. The van der Waals surface area contributed by atoms with Crippen molar-refractivity contribution in [3.05, 3.63) is 0 Å². The second kappa shape index (κ2) is 6.46. The van der Waals surface area contributed by atoms with E-state index >= 15 is 0 Å². The van der Waals surface area contributed by atoms with Crippen molar-refractivity contribution >= 4 is 0 Å². The summed E-state index contributed by atoms with van der Waals surface area (Å²) in [5, 5.41) is 0. The molecule has 1 saturated heterocycles. The highest BCUT2D eigenvalue weighted by atomic mass is 16.5. The third kappa shape index (κ3) is 4.96. The van der Waals surface area contributed by atoms with Crippen molar-refractivity contribution in [3.63, 3.8) is 0 Å². The number of morpholine rings is 1. The predicted molar refractivity (Wildman–Crippen MR) is 63.9 cm³/mol. The van der Waals surface area contributed by atoms with Crippen molar-refractivity contribution in [1.29, 1.82) is 0 Å². The molecule has 0 aliphatic carbocycles. The Bertz CT molecular complexity index is 165. The third-order valence-electron chi connectivity index (χ3n) is 2.97. The first-order valence-electron chi connectivity index (χ1n) is 6.19. The molecule has 0 amide bonds. The number of hydrogen-bond acceptors (Lipinski definition) is 3. The van der Waals surface area contributed by atoms with Gasteiger partial charge in [-0.1, -0.05) is 6.92 Å². The molecule has 1 heterocycles. The van der Waals surface area contributed by atoms with Crippen LogP contribution in [-0.4, -0.2) is 43.3 Å². The van der Waals surface area contributed by atoms with Crippen LogP contribution >= 0.6 is 0 Å². The van der Waals surface area contributed by atoms with Gasteiger partial charge in [0.05, 0.1) is 12.2 Å². The molecule has 0 bridgehead atoms. The van der Waals surface area contributed by atoms with Crippen LogP contribution in [0.25, 0.3) is 0 Å². The molecule has 1 fully saturated rings. The molecule has 1 aliphatic rings. The van der Waals surface area contributed by atoms with E-state index in [1.54, 1.807) is 0 Å². The number of rotatable bonds is 5. The summed E-state index contributed by atoms with van der Waals surface area (Å²) in [6, 6.07) is 0. The SMILES string of the molecule is CC(CCCN)CN1CC(C)OC(C)C1. The highest BCUT2D eigenvalue weighted by Crippen LogP contribution is 2.14. The topological polar surface area (TPSA) is 38.5 Å². The van der Waals surface area contributed by atoms with Gasteiger partial charge in [-0.3, -0.25) is 4.90 Å². The fourth-order valence-electron chi connectivity index (χ4n) is 2.43. The second-order valence-corrected chi connectivity index (χ2v) is 5.01. The van der Waals surface area contributed by atoms with E-state index in [1.807, 2.05) is 0 Å². The molecule has 0 saturated carbocycles. The molecular weight excluding hydrogens is 188 g/mol. The van der Waals surface area contributed by atoms with Crippen molar-refractivity contribution in [1.82, 2.24) is 4.90 Å². The zero-order valence-corrected chi connectivity index (χ0v) is 10.4. The molecule has 1 rings (SSSR count). The maximum Gasteiger partial charge on any atom is 0.0678 e. The first-order chi connectivity index (χ1) is 7.11. The van der Waals surface area contributed by atoms with Crippen LogP contribution in [0, 0.1) is 5.92 Å². The molecule has 2 N–H and O–H groups in total. The van der Waals surface area contributed by atoms with Crippen LogP contribution in [0.2, 0.25) is 0 Å². The maximum atomic E-state index is 5.72. The van der Waals surface area contributed by atoms with Gasteiger partial charge in [0.1, 0.15) is 0 Å². The van der Waals surface area contributed by atoms with E-state index in [1.165, 1.54) is 13.0 Å². The Morgan fingerprint density at radius 2 is 1.93 bits per heavy atom. The first kappa shape index (κ1) is 12.9. The number of hydrogen-bond donors (Lipinski definition) is 1. The van der Waals surface area contributed by atoms with Crippen molar-refractivity contribution in [3.8, 4) is 0 Å². The molecule has 90 valence electrons. The van der Waals surface area contributed by atoms with E-state index in [9.17, 15) is 0 Å². The van der Waals surface area contributed by atoms with Crippen molar-refractivity contribution in [2.45, 2.75) is 45.8 Å². The smallest absolute Gasteiger partial charge is 0.0678 e. The highest BCUT2D eigenvalue weighted by molar-refractivity contribution is 4.74. The van der Waals surface area contributed by atoms with Crippen LogP contribution < -0.4 is 5.73 Å². The van der Waals surface area contributed by atoms with Gasteiger partial charge in [0.25, 0.3) is 0 Å². The quantitative estimate of drug-likeness (QED) is 0.753. The lowest BCUT2D eigenvalue weighted by Gasteiger charge is -2.36. The normalized spacial score (nSPS) is 30.4. The van der Waals surface area contributed by atoms with E-state index in [-0.39, 0.29) is 0 Å². The van der Waals surface area contributed by atoms with Gasteiger partial charge in [0.2, 0.25) is 0 Å². The maximum absolute atomic E-state index is 5.72. The van der Waals surface area contributed by atoms with Crippen LogP contribution in [0.1, 0.15) is 33.6 Å². The van der Waals surface area contributed by atoms with E-state index in [4.69, 9.17) is 10.5 Å². The minimum atomic E-state index is 0.385. The van der Waals surface area contributed by atoms with Gasteiger partial charge in [-0.25, -0.2) is 0 Å². The van der Waals surface area contributed by atoms with Gasteiger partial charge in [-0.05, 0) is 39.2 Å². The van der Waals surface area contributed by atoms with Crippen molar-refractivity contribution < 1.29 is 4.74 Å². The summed E-state index contributed by atoms with van der Waals surface area (Å²) in [5.41, 5.74) is 5.52. The van der Waals surface area contributed by atoms with Crippen molar-refractivity contribution in [2.24, 2.45) is 11.7 Å². The van der Waals surface area contributed by atoms with Gasteiger partial charge in [-0.15, -0.1) is 0 Å². The average Bonchev–Trinajstić information content (AvgIpc) is 2.13. The summed E-state index contributed by atoms with van der Waals surface area (Å²) in [7, 11) is 0. The minimum Gasteiger partial charge on any atom is -0.373 e. The zero-order chi connectivity index (χ0) is 11.3. The summed E-state index contributed by atoms with van der Waals surface area (Å²) in [6.45, 7) is 10.8. The van der Waals surface area contributed by atoms with E-state index in [2.05, 4.69) is 25.7 Å². The molecule has 3 heteroatoms. The predicted octanol–water partition coefficient (Wildman–Crippen LogP) is 1.47. The van der Waals surface area contributed by atoms with E-state index in [0.29, 0.717) is 12.2 Å². The number of nitrogens with two attached hydrogens (primary N) is 1. The number of ether oxygens (including phenoxy) is 1. The van der Waals surface area contributed by atoms with Crippen LogP contribution in [0.3, 0.4) is 0 Å². The zero-order valence-electron chi connectivity index (χ0n) is 10.4. The monoisotopic (exact) mass is 214 g/mol. The van der Waals surface area contributed by atoms with Crippen LogP contribution in [0.15, 0.2) is 0 Å². The average molecular weight is 214 g/mol. The van der Waals surface area contributed by atoms with Crippen LogP contribution in [0.4, 0.5) is 0 Å². The van der Waals surface area contributed by atoms with Gasteiger partial charge in [0, 0.05) is 19.6 Å². The number of nitrogens with zero attached hydrogens (tertiary/aromatic N) is 1. The molecule has 0 aromatic carbocycles.